The van der Waals surface area contributed by atoms with E-state index < -0.39 is 0 Å². The van der Waals surface area contributed by atoms with Gasteiger partial charge >= 0.3 is 0 Å². The van der Waals surface area contributed by atoms with Crippen LogP contribution in [-0.2, 0) is 6.42 Å². The second-order valence-corrected chi connectivity index (χ2v) is 4.19. The molecule has 0 bridgehead atoms. The Morgan fingerprint density at radius 2 is 1.78 bits per heavy atom. The minimum Gasteiger partial charge on any atom is -0.396 e. The lowest BCUT2D eigenvalue weighted by Crippen LogP contribution is -2.06. The minimum atomic E-state index is 0.378. The molecule has 0 saturated heterocycles. The number of rotatable bonds is 5. The number of aryl methyl sites for hydroxylation is 1. The molecule has 0 spiro atoms. The molecular weight excluding hydrogens is 224 g/mol. The number of hydrogen-bond donors (Lipinski definition) is 3. The first-order valence-corrected chi connectivity index (χ1v) is 6.05. The zero-order valence-corrected chi connectivity index (χ0v) is 10.3. The Labute approximate surface area is 107 Å². The van der Waals surface area contributed by atoms with E-state index >= 15 is 0 Å². The summed E-state index contributed by atoms with van der Waals surface area (Å²) in [4.78, 5) is 4.16. The molecule has 94 valence electrons. The first-order chi connectivity index (χ1) is 8.75. The van der Waals surface area contributed by atoms with Gasteiger partial charge in [0.25, 0.3) is 0 Å². The first kappa shape index (κ1) is 12.2. The van der Waals surface area contributed by atoms with Gasteiger partial charge in [-0.25, -0.2) is 4.98 Å². The molecule has 4 nitrogen and oxygen atoms in total. The van der Waals surface area contributed by atoms with Crippen LogP contribution >= 0.6 is 0 Å². The van der Waals surface area contributed by atoms with Gasteiger partial charge in [0.1, 0.15) is 11.6 Å². The van der Waals surface area contributed by atoms with Crippen LogP contribution in [0.3, 0.4) is 0 Å². The van der Waals surface area contributed by atoms with Crippen molar-refractivity contribution < 1.29 is 0 Å². The van der Waals surface area contributed by atoms with E-state index in [1.165, 1.54) is 5.56 Å². The molecule has 4 heteroatoms. The molecule has 0 fully saturated rings. The highest BCUT2D eigenvalue weighted by molar-refractivity contribution is 5.61. The van der Waals surface area contributed by atoms with Gasteiger partial charge in [-0.1, -0.05) is 30.3 Å². The van der Waals surface area contributed by atoms with Crippen molar-refractivity contribution in [1.29, 1.82) is 0 Å². The molecule has 5 N–H and O–H groups in total. The summed E-state index contributed by atoms with van der Waals surface area (Å²) in [6.45, 7) is 0.866. The van der Waals surface area contributed by atoms with E-state index in [-0.39, 0.29) is 0 Å². The fraction of sp³-hybridized carbons (Fsp3) is 0.214. The summed E-state index contributed by atoms with van der Waals surface area (Å²) in [6, 6.07) is 14.0. The highest BCUT2D eigenvalue weighted by Gasteiger charge is 1.98. The average Bonchev–Trinajstić information content (AvgIpc) is 2.40. The molecular formula is C14H18N4. The Balaban J connectivity index is 1.77. The van der Waals surface area contributed by atoms with Crippen LogP contribution in [0, 0.1) is 0 Å². The minimum absolute atomic E-state index is 0.378. The van der Waals surface area contributed by atoms with Gasteiger partial charge in [0.15, 0.2) is 0 Å². The number of nitrogen functional groups attached to an aromatic ring is 2. The van der Waals surface area contributed by atoms with Gasteiger partial charge in [0.05, 0.1) is 5.69 Å². The second kappa shape index (κ2) is 5.91. The summed E-state index contributed by atoms with van der Waals surface area (Å²) in [5.41, 5.74) is 13.1. The second-order valence-electron chi connectivity index (χ2n) is 4.19. The average molecular weight is 242 g/mol. The summed E-state index contributed by atoms with van der Waals surface area (Å²) in [5, 5.41) is 3.24. The third-order valence-corrected chi connectivity index (χ3v) is 2.75. The molecule has 1 heterocycles. The van der Waals surface area contributed by atoms with Crippen LogP contribution in [0.15, 0.2) is 42.5 Å². The Kier molecular flexibility index (Phi) is 4.02. The van der Waals surface area contributed by atoms with Crippen LogP contribution in [0.25, 0.3) is 0 Å². The normalized spacial score (nSPS) is 10.2. The fourth-order valence-electron chi connectivity index (χ4n) is 1.74. The fourth-order valence-corrected chi connectivity index (χ4v) is 1.74. The van der Waals surface area contributed by atoms with Gasteiger partial charge < -0.3 is 16.8 Å². The maximum Gasteiger partial charge on any atom is 0.149 e. The van der Waals surface area contributed by atoms with Gasteiger partial charge in [-0.15, -0.1) is 0 Å². The lowest BCUT2D eigenvalue weighted by Gasteiger charge is -2.07. The van der Waals surface area contributed by atoms with E-state index in [1.54, 1.807) is 6.07 Å². The highest BCUT2D eigenvalue weighted by Crippen LogP contribution is 2.14. The monoisotopic (exact) mass is 242 g/mol. The lowest BCUT2D eigenvalue weighted by molar-refractivity contribution is 0.859. The topological polar surface area (TPSA) is 77.0 Å². The van der Waals surface area contributed by atoms with Crippen LogP contribution in [0.2, 0.25) is 0 Å². The van der Waals surface area contributed by atoms with Crippen molar-refractivity contribution in [3.05, 3.63) is 48.0 Å². The molecule has 0 atom stereocenters. The van der Waals surface area contributed by atoms with Gasteiger partial charge in [-0.3, -0.25) is 0 Å². The Bertz CT molecular complexity index is 496. The number of nitrogens with zero attached hydrogens (tertiary/aromatic N) is 1. The number of benzene rings is 1. The molecule has 2 aromatic rings. The summed E-state index contributed by atoms with van der Waals surface area (Å²) >= 11 is 0. The molecule has 0 aliphatic carbocycles. The van der Waals surface area contributed by atoms with Gasteiger partial charge in [0, 0.05) is 6.54 Å². The van der Waals surface area contributed by atoms with Crippen molar-refractivity contribution in [3.8, 4) is 0 Å². The van der Waals surface area contributed by atoms with Crippen LogP contribution in [-0.4, -0.2) is 11.5 Å². The molecule has 1 aromatic heterocycles. The van der Waals surface area contributed by atoms with Crippen LogP contribution < -0.4 is 16.8 Å². The maximum atomic E-state index is 5.64. The van der Waals surface area contributed by atoms with Gasteiger partial charge in [-0.05, 0) is 30.5 Å². The van der Waals surface area contributed by atoms with Crippen molar-refractivity contribution in [2.75, 3.05) is 23.3 Å². The maximum absolute atomic E-state index is 5.64. The predicted molar refractivity (Wildman–Crippen MR) is 76.3 cm³/mol. The molecule has 0 aliphatic rings. The predicted octanol–water partition coefficient (Wildman–Crippen LogP) is 2.29. The molecule has 0 radical (unpaired) electrons. The number of aromatic nitrogens is 1. The van der Waals surface area contributed by atoms with E-state index in [0.717, 1.165) is 25.2 Å². The zero-order valence-electron chi connectivity index (χ0n) is 10.3. The van der Waals surface area contributed by atoms with Crippen molar-refractivity contribution in [1.82, 2.24) is 4.98 Å². The van der Waals surface area contributed by atoms with E-state index in [0.29, 0.717) is 11.5 Å². The summed E-state index contributed by atoms with van der Waals surface area (Å²) in [6.07, 6.45) is 2.11. The van der Waals surface area contributed by atoms with Crippen molar-refractivity contribution in [3.63, 3.8) is 0 Å². The van der Waals surface area contributed by atoms with Crippen LogP contribution in [0.5, 0.6) is 0 Å². The highest BCUT2D eigenvalue weighted by atomic mass is 15.0. The molecule has 0 unspecified atom stereocenters. The van der Waals surface area contributed by atoms with E-state index in [2.05, 4.69) is 34.6 Å². The SMILES string of the molecule is Nc1ccc(NCCCc2ccccc2)nc1N. The van der Waals surface area contributed by atoms with Crippen LogP contribution in [0.4, 0.5) is 17.3 Å². The Morgan fingerprint density at radius 1 is 1.00 bits per heavy atom. The molecule has 0 amide bonds. The third-order valence-electron chi connectivity index (χ3n) is 2.75. The van der Waals surface area contributed by atoms with Gasteiger partial charge in [0.2, 0.25) is 0 Å². The number of nitrogens with one attached hydrogen (secondary N) is 1. The molecule has 1 aromatic carbocycles. The standard InChI is InChI=1S/C14H18N4/c15-12-8-9-13(18-14(12)16)17-10-4-7-11-5-2-1-3-6-11/h1-3,5-6,8-9H,4,7,10,15H2,(H3,16,17,18). The van der Waals surface area contributed by atoms with E-state index in [4.69, 9.17) is 11.5 Å². The quantitative estimate of drug-likeness (QED) is 0.703. The lowest BCUT2D eigenvalue weighted by atomic mass is 10.1. The molecule has 18 heavy (non-hydrogen) atoms. The van der Waals surface area contributed by atoms with E-state index in [1.807, 2.05) is 12.1 Å². The van der Waals surface area contributed by atoms with Crippen molar-refractivity contribution in [2.45, 2.75) is 12.8 Å². The molecule has 2 rings (SSSR count). The summed E-state index contributed by atoms with van der Waals surface area (Å²) in [7, 11) is 0. The molecule has 0 saturated carbocycles. The number of nitrogens with two attached hydrogens (primary N) is 2. The summed E-state index contributed by atoms with van der Waals surface area (Å²) < 4.78 is 0. The summed E-state index contributed by atoms with van der Waals surface area (Å²) in [5.74, 6) is 1.15. The third kappa shape index (κ3) is 3.38. The smallest absolute Gasteiger partial charge is 0.149 e. The Morgan fingerprint density at radius 3 is 2.50 bits per heavy atom. The van der Waals surface area contributed by atoms with E-state index in [9.17, 15) is 0 Å². The van der Waals surface area contributed by atoms with Crippen LogP contribution in [0.1, 0.15) is 12.0 Å². The first-order valence-electron chi connectivity index (χ1n) is 6.05. The zero-order chi connectivity index (χ0) is 12.8. The van der Waals surface area contributed by atoms with Gasteiger partial charge in [-0.2, -0.15) is 0 Å². The number of anilines is 3. The number of pyridine rings is 1. The number of hydrogen-bond acceptors (Lipinski definition) is 4. The molecule has 0 aliphatic heterocycles. The van der Waals surface area contributed by atoms with Crippen molar-refractivity contribution >= 4 is 17.3 Å². The Hall–Kier alpha value is -2.23. The van der Waals surface area contributed by atoms with Crippen molar-refractivity contribution in [2.24, 2.45) is 0 Å². The largest absolute Gasteiger partial charge is 0.396 e.